The molecule has 6 nitrogen and oxygen atoms in total. The van der Waals surface area contributed by atoms with E-state index in [0.29, 0.717) is 19.8 Å². The number of benzene rings is 2. The number of rotatable bonds is 10. The number of hydrogen-bond donors (Lipinski definition) is 0. The lowest BCUT2D eigenvalue weighted by atomic mass is 10.2. The lowest BCUT2D eigenvalue weighted by Crippen LogP contribution is -2.01. The molecule has 0 spiro atoms. The van der Waals surface area contributed by atoms with E-state index in [4.69, 9.17) is 14.6 Å². The predicted octanol–water partition coefficient (Wildman–Crippen LogP) is 6.94. The topological polar surface area (TPSA) is 66.2 Å². The van der Waals surface area contributed by atoms with Crippen LogP contribution in [0.15, 0.2) is 89.8 Å². The molecule has 5 rings (SSSR count). The molecule has 37 heavy (non-hydrogen) atoms. The summed E-state index contributed by atoms with van der Waals surface area (Å²) in [7, 11) is 0. The van der Waals surface area contributed by atoms with E-state index in [1.165, 1.54) is 6.08 Å². The number of ether oxygens (including phenoxy) is 2. The van der Waals surface area contributed by atoms with Crippen LogP contribution in [-0.4, -0.2) is 27.3 Å². The van der Waals surface area contributed by atoms with E-state index >= 15 is 0 Å². The summed E-state index contributed by atoms with van der Waals surface area (Å²) < 4.78 is 12.9. The fraction of sp³-hybridized carbons (Fsp3) is 0.138. The van der Waals surface area contributed by atoms with Crippen LogP contribution in [0.5, 0.6) is 5.75 Å². The van der Waals surface area contributed by atoms with Gasteiger partial charge in [0, 0.05) is 28.8 Å². The van der Waals surface area contributed by atoms with E-state index in [0.717, 1.165) is 43.7 Å². The molecule has 0 amide bonds. The van der Waals surface area contributed by atoms with Crippen LogP contribution in [0.25, 0.3) is 27.2 Å². The van der Waals surface area contributed by atoms with Gasteiger partial charge in [-0.3, -0.25) is 4.68 Å². The molecule has 3 heterocycles. The summed E-state index contributed by atoms with van der Waals surface area (Å²) in [5.74, 6) is 0.424. The Labute approximate surface area is 223 Å². The molecule has 0 fully saturated rings. The Morgan fingerprint density at radius 1 is 1.03 bits per heavy atom. The molecule has 0 saturated carbocycles. The van der Waals surface area contributed by atoms with Gasteiger partial charge in [-0.15, -0.1) is 22.7 Å². The van der Waals surface area contributed by atoms with Gasteiger partial charge in [-0.05, 0) is 42.1 Å². The van der Waals surface area contributed by atoms with E-state index in [1.807, 2.05) is 76.2 Å². The highest BCUT2D eigenvalue weighted by molar-refractivity contribution is 7.13. The molecule has 8 heteroatoms. The van der Waals surface area contributed by atoms with Gasteiger partial charge < -0.3 is 9.47 Å². The van der Waals surface area contributed by atoms with Crippen molar-refractivity contribution in [2.45, 2.75) is 20.1 Å². The number of carbonyl (C=O) groups is 1. The molecule has 0 atom stereocenters. The van der Waals surface area contributed by atoms with Gasteiger partial charge >= 0.3 is 5.97 Å². The Balaban J connectivity index is 1.23. The molecule has 0 N–H and O–H groups in total. The Kier molecular flexibility index (Phi) is 7.88. The molecule has 3 aromatic heterocycles. The van der Waals surface area contributed by atoms with Crippen LogP contribution in [0.3, 0.4) is 0 Å². The first kappa shape index (κ1) is 24.7. The first-order valence-electron chi connectivity index (χ1n) is 11.9. The van der Waals surface area contributed by atoms with Crippen molar-refractivity contribution < 1.29 is 14.3 Å². The van der Waals surface area contributed by atoms with Crippen molar-refractivity contribution in [2.24, 2.45) is 0 Å². The molecule has 0 aliphatic heterocycles. The van der Waals surface area contributed by atoms with Gasteiger partial charge in [-0.25, -0.2) is 9.78 Å². The average Bonchev–Trinajstić information content (AvgIpc) is 3.69. The number of thiazole rings is 1. The van der Waals surface area contributed by atoms with Gasteiger partial charge in [0.05, 0.1) is 23.7 Å². The maximum absolute atomic E-state index is 11.8. The third-order valence-electron chi connectivity index (χ3n) is 5.46. The lowest BCUT2D eigenvalue weighted by Gasteiger charge is -2.06. The zero-order valence-electron chi connectivity index (χ0n) is 20.2. The second kappa shape index (κ2) is 11.8. The van der Waals surface area contributed by atoms with Gasteiger partial charge in [0.2, 0.25) is 0 Å². The van der Waals surface area contributed by atoms with E-state index in [1.54, 1.807) is 35.7 Å². The van der Waals surface area contributed by atoms with Gasteiger partial charge in [0.25, 0.3) is 0 Å². The first-order chi connectivity index (χ1) is 18.2. The maximum Gasteiger partial charge on any atom is 0.330 e. The average molecular weight is 528 g/mol. The monoisotopic (exact) mass is 527 g/mol. The minimum Gasteiger partial charge on any atom is -0.487 e. The summed E-state index contributed by atoms with van der Waals surface area (Å²) in [4.78, 5) is 17.5. The van der Waals surface area contributed by atoms with Gasteiger partial charge in [0.15, 0.2) is 0 Å². The fourth-order valence-corrected chi connectivity index (χ4v) is 5.26. The normalized spacial score (nSPS) is 11.2. The summed E-state index contributed by atoms with van der Waals surface area (Å²) in [6, 6.07) is 22.2. The van der Waals surface area contributed by atoms with Crippen LogP contribution in [0.4, 0.5) is 0 Å². The van der Waals surface area contributed by atoms with Crippen LogP contribution >= 0.6 is 22.7 Å². The van der Waals surface area contributed by atoms with E-state index in [-0.39, 0.29) is 5.97 Å². The van der Waals surface area contributed by atoms with Gasteiger partial charge in [-0.1, -0.05) is 48.5 Å². The van der Waals surface area contributed by atoms with Crippen molar-refractivity contribution in [3.63, 3.8) is 0 Å². The van der Waals surface area contributed by atoms with Crippen molar-refractivity contribution in [1.82, 2.24) is 14.8 Å². The summed E-state index contributed by atoms with van der Waals surface area (Å²) in [5, 5.41) is 9.82. The molecule has 0 bridgehead atoms. The first-order valence-corrected chi connectivity index (χ1v) is 13.6. The molecule has 2 aromatic carbocycles. The third kappa shape index (κ3) is 6.41. The third-order valence-corrected chi connectivity index (χ3v) is 7.27. The largest absolute Gasteiger partial charge is 0.487 e. The number of esters is 1. The van der Waals surface area contributed by atoms with Crippen molar-refractivity contribution >= 4 is 34.7 Å². The minimum atomic E-state index is -0.364. The molecular weight excluding hydrogens is 502 g/mol. The molecule has 186 valence electrons. The Bertz CT molecular complexity index is 1470. The summed E-state index contributed by atoms with van der Waals surface area (Å²) in [6.07, 6.45) is 5.15. The van der Waals surface area contributed by atoms with Crippen LogP contribution in [0.2, 0.25) is 0 Å². The summed E-state index contributed by atoms with van der Waals surface area (Å²) in [6.45, 7) is 3.15. The van der Waals surface area contributed by atoms with E-state index in [9.17, 15) is 4.79 Å². The van der Waals surface area contributed by atoms with E-state index in [2.05, 4.69) is 17.1 Å². The molecule has 0 aliphatic carbocycles. The van der Waals surface area contributed by atoms with Crippen LogP contribution in [0.1, 0.15) is 23.7 Å². The summed E-state index contributed by atoms with van der Waals surface area (Å²) >= 11 is 3.23. The smallest absolute Gasteiger partial charge is 0.330 e. The molecule has 0 saturated heterocycles. The Hall–Kier alpha value is -4.01. The van der Waals surface area contributed by atoms with Crippen LogP contribution < -0.4 is 4.74 Å². The van der Waals surface area contributed by atoms with Gasteiger partial charge in [-0.2, -0.15) is 5.10 Å². The molecular formula is C29H25N3O3S2. The van der Waals surface area contributed by atoms with Crippen molar-refractivity contribution in [2.75, 3.05) is 6.61 Å². The zero-order valence-corrected chi connectivity index (χ0v) is 21.9. The highest BCUT2D eigenvalue weighted by Gasteiger charge is 2.12. The van der Waals surface area contributed by atoms with Crippen LogP contribution in [-0.2, 0) is 22.7 Å². The Morgan fingerprint density at radius 2 is 1.86 bits per heavy atom. The number of carbonyl (C=O) groups excluding carboxylic acids is 1. The number of hydrogen-bond acceptors (Lipinski definition) is 7. The number of aromatic nitrogens is 3. The van der Waals surface area contributed by atoms with Crippen molar-refractivity contribution in [3.8, 4) is 26.9 Å². The molecule has 0 radical (unpaired) electrons. The van der Waals surface area contributed by atoms with Crippen LogP contribution in [0, 0.1) is 0 Å². The predicted molar refractivity (Wildman–Crippen MR) is 149 cm³/mol. The summed E-state index contributed by atoms with van der Waals surface area (Å²) in [5.41, 5.74) is 4.83. The maximum atomic E-state index is 11.8. The minimum absolute atomic E-state index is 0.346. The molecule has 0 aliphatic rings. The fourth-order valence-electron chi connectivity index (χ4n) is 3.71. The lowest BCUT2D eigenvalue weighted by molar-refractivity contribution is -0.137. The zero-order chi connectivity index (χ0) is 25.5. The highest BCUT2D eigenvalue weighted by atomic mass is 32.1. The highest BCUT2D eigenvalue weighted by Crippen LogP contribution is 2.28. The molecule has 5 aromatic rings. The number of nitrogens with zero attached hydrogens (tertiary/aromatic N) is 3. The quantitative estimate of drug-likeness (QED) is 0.145. The van der Waals surface area contributed by atoms with Crippen molar-refractivity contribution in [3.05, 3.63) is 107 Å². The number of thiophene rings is 1. The standard InChI is InChI=1S/C29H25N3O3S2/c1-2-34-27(33)15-12-23-18-32(31-28(23)26-9-6-16-36-26)17-21-10-13-25(14-11-21)35-19-24-20-37-29(30-24)22-7-4-3-5-8-22/h3-16,18,20H,2,17,19H2,1H3/b15-12+. The molecule has 0 unspecified atom stereocenters. The second-order valence-electron chi connectivity index (χ2n) is 8.14. The second-order valence-corrected chi connectivity index (χ2v) is 9.94. The van der Waals surface area contributed by atoms with E-state index < -0.39 is 0 Å². The Morgan fingerprint density at radius 3 is 2.62 bits per heavy atom. The SMILES string of the molecule is CCOC(=O)/C=C/c1cn(Cc2ccc(OCc3csc(-c4ccccc4)n3)cc2)nc1-c1cccs1. The van der Waals surface area contributed by atoms with Gasteiger partial charge in [0.1, 0.15) is 23.1 Å². The van der Waals surface area contributed by atoms with Crippen molar-refractivity contribution in [1.29, 1.82) is 0 Å².